The number of benzene rings is 1. The Bertz CT molecular complexity index is 588. The molecule has 0 amide bonds. The average molecular weight is 379 g/mol. The van der Waals surface area contributed by atoms with E-state index in [1.165, 1.54) is 18.1 Å². The molecule has 0 aliphatic rings. The lowest BCUT2D eigenvalue weighted by atomic mass is 10.2. The second-order valence-corrected chi connectivity index (χ2v) is 5.68. The summed E-state index contributed by atoms with van der Waals surface area (Å²) in [5, 5.41) is 1.47. The minimum absolute atomic E-state index is 0.109. The summed E-state index contributed by atoms with van der Waals surface area (Å²) in [4.78, 5) is 18.1. The molecule has 17 heavy (non-hydrogen) atoms. The van der Waals surface area contributed by atoms with Gasteiger partial charge in [-0.1, -0.05) is 29.8 Å². The number of thioether (sulfide) groups is 1. The first kappa shape index (κ1) is 12.9. The van der Waals surface area contributed by atoms with Crippen molar-refractivity contribution in [3.05, 3.63) is 55.1 Å². The van der Waals surface area contributed by atoms with Crippen molar-refractivity contribution in [3.8, 4) is 0 Å². The molecule has 1 aromatic heterocycles. The number of aromatic nitrogens is 2. The van der Waals surface area contributed by atoms with E-state index in [4.69, 9.17) is 11.6 Å². The lowest BCUT2D eigenvalue weighted by Crippen LogP contribution is -2.11. The quantitative estimate of drug-likeness (QED) is 0.506. The van der Waals surface area contributed by atoms with Crippen molar-refractivity contribution in [3.63, 3.8) is 0 Å². The summed E-state index contributed by atoms with van der Waals surface area (Å²) in [6.45, 7) is 0. The lowest BCUT2D eigenvalue weighted by Gasteiger charge is -2.04. The van der Waals surface area contributed by atoms with Crippen LogP contribution in [0.1, 0.15) is 5.56 Å². The van der Waals surface area contributed by atoms with Crippen LogP contribution < -0.4 is 5.56 Å². The maximum atomic E-state index is 11.4. The molecule has 6 heteroatoms. The molecule has 0 spiro atoms. The van der Waals surface area contributed by atoms with Crippen molar-refractivity contribution in [1.82, 2.24) is 9.97 Å². The Labute approximate surface area is 121 Å². The molecule has 0 bridgehead atoms. The van der Waals surface area contributed by atoms with Crippen LogP contribution in [0, 0.1) is 3.57 Å². The van der Waals surface area contributed by atoms with Gasteiger partial charge in [-0.3, -0.25) is 4.79 Å². The summed E-state index contributed by atoms with van der Waals surface area (Å²) in [5.74, 6) is 0.701. The number of aromatic amines is 1. The van der Waals surface area contributed by atoms with Gasteiger partial charge in [0.15, 0.2) is 0 Å². The van der Waals surface area contributed by atoms with Gasteiger partial charge in [0.25, 0.3) is 5.56 Å². The van der Waals surface area contributed by atoms with Crippen LogP contribution in [0.5, 0.6) is 0 Å². The highest BCUT2D eigenvalue weighted by molar-refractivity contribution is 14.1. The van der Waals surface area contributed by atoms with E-state index < -0.39 is 0 Å². The van der Waals surface area contributed by atoms with Crippen LogP contribution >= 0.6 is 46.0 Å². The Morgan fingerprint density at radius 3 is 2.94 bits per heavy atom. The molecule has 0 aliphatic carbocycles. The van der Waals surface area contributed by atoms with Gasteiger partial charge in [0.1, 0.15) is 8.60 Å². The molecule has 1 aromatic carbocycles. The average Bonchev–Trinajstić information content (AvgIpc) is 2.33. The van der Waals surface area contributed by atoms with Gasteiger partial charge in [-0.15, -0.1) is 11.8 Å². The Kier molecular flexibility index (Phi) is 4.47. The first-order valence-corrected chi connectivity index (χ1v) is 7.22. The Morgan fingerprint density at radius 2 is 2.18 bits per heavy atom. The van der Waals surface area contributed by atoms with Crippen molar-refractivity contribution in [2.75, 3.05) is 0 Å². The van der Waals surface area contributed by atoms with E-state index >= 15 is 0 Å². The number of halogens is 2. The molecule has 0 saturated carbocycles. The number of nitrogens with one attached hydrogen (secondary N) is 1. The van der Waals surface area contributed by atoms with Gasteiger partial charge in [-0.2, -0.15) is 0 Å². The van der Waals surface area contributed by atoms with Gasteiger partial charge in [-0.25, -0.2) is 4.98 Å². The minimum atomic E-state index is -0.109. The summed E-state index contributed by atoms with van der Waals surface area (Å²) >= 11 is 9.56. The standard InChI is InChI=1S/C11H8ClIN2OS/c12-8-4-2-1-3-7(8)5-17-11-9(13)10(16)14-6-15-11/h1-4,6H,5H2,(H,14,15,16). The Hall–Kier alpha value is -0.530. The van der Waals surface area contributed by atoms with Crippen molar-refractivity contribution in [2.45, 2.75) is 10.8 Å². The Morgan fingerprint density at radius 1 is 1.41 bits per heavy atom. The molecule has 0 aliphatic heterocycles. The van der Waals surface area contributed by atoms with Gasteiger partial charge in [0.2, 0.25) is 0 Å². The highest BCUT2D eigenvalue weighted by atomic mass is 127. The number of hydrogen-bond acceptors (Lipinski definition) is 3. The zero-order chi connectivity index (χ0) is 12.3. The van der Waals surface area contributed by atoms with Crippen LogP contribution in [0.2, 0.25) is 5.02 Å². The van der Waals surface area contributed by atoms with Gasteiger partial charge in [-0.05, 0) is 34.2 Å². The zero-order valence-electron chi connectivity index (χ0n) is 8.61. The second-order valence-electron chi connectivity index (χ2n) is 3.23. The number of rotatable bonds is 3. The molecular formula is C11H8ClIN2OS. The number of hydrogen-bond donors (Lipinski definition) is 1. The van der Waals surface area contributed by atoms with Crippen LogP contribution in [0.4, 0.5) is 0 Å². The summed E-state index contributed by atoms with van der Waals surface area (Å²) in [6, 6.07) is 7.66. The highest BCUT2D eigenvalue weighted by Crippen LogP contribution is 2.26. The monoisotopic (exact) mass is 378 g/mol. The molecule has 0 unspecified atom stereocenters. The third kappa shape index (κ3) is 3.23. The summed E-state index contributed by atoms with van der Waals surface area (Å²) in [7, 11) is 0. The van der Waals surface area contributed by atoms with Gasteiger partial charge >= 0.3 is 0 Å². The molecule has 1 heterocycles. The zero-order valence-corrected chi connectivity index (χ0v) is 12.3. The topological polar surface area (TPSA) is 45.8 Å². The molecule has 0 fully saturated rings. The third-order valence-corrected chi connectivity index (χ3v) is 4.86. The van der Waals surface area contributed by atoms with Gasteiger partial charge in [0, 0.05) is 10.8 Å². The maximum absolute atomic E-state index is 11.4. The molecule has 0 radical (unpaired) electrons. The molecule has 3 nitrogen and oxygen atoms in total. The second kappa shape index (κ2) is 5.88. The Balaban J connectivity index is 2.16. The van der Waals surface area contributed by atoms with Crippen molar-refractivity contribution in [2.24, 2.45) is 0 Å². The van der Waals surface area contributed by atoms with E-state index in [0.29, 0.717) is 9.32 Å². The van der Waals surface area contributed by atoms with E-state index in [0.717, 1.165) is 15.6 Å². The van der Waals surface area contributed by atoms with E-state index in [1.807, 2.05) is 46.9 Å². The van der Waals surface area contributed by atoms with E-state index in [9.17, 15) is 4.79 Å². The van der Waals surface area contributed by atoms with Crippen LogP contribution in [0.15, 0.2) is 40.4 Å². The summed E-state index contributed by atoms with van der Waals surface area (Å²) in [5.41, 5.74) is 0.930. The predicted molar refractivity (Wildman–Crippen MR) is 78.6 cm³/mol. The van der Waals surface area contributed by atoms with Crippen molar-refractivity contribution in [1.29, 1.82) is 0 Å². The third-order valence-electron chi connectivity index (χ3n) is 2.09. The van der Waals surface area contributed by atoms with Crippen LogP contribution in [0.25, 0.3) is 0 Å². The molecule has 0 saturated heterocycles. The molecule has 0 atom stereocenters. The van der Waals surface area contributed by atoms with Gasteiger partial charge in [0.05, 0.1) is 6.33 Å². The fourth-order valence-corrected chi connectivity index (χ4v) is 3.16. The van der Waals surface area contributed by atoms with Crippen molar-refractivity contribution < 1.29 is 0 Å². The van der Waals surface area contributed by atoms with Crippen molar-refractivity contribution >= 4 is 46.0 Å². The molecule has 88 valence electrons. The first-order chi connectivity index (χ1) is 8.18. The summed E-state index contributed by atoms with van der Waals surface area (Å²) < 4.78 is 0.613. The largest absolute Gasteiger partial charge is 0.312 e. The molecule has 2 aromatic rings. The SMILES string of the molecule is O=c1[nH]cnc(SCc2ccccc2Cl)c1I. The fraction of sp³-hybridized carbons (Fsp3) is 0.0909. The highest BCUT2D eigenvalue weighted by Gasteiger charge is 2.07. The van der Waals surface area contributed by atoms with Gasteiger partial charge < -0.3 is 4.98 Å². The van der Waals surface area contributed by atoms with Crippen LogP contribution in [-0.2, 0) is 5.75 Å². The summed E-state index contributed by atoms with van der Waals surface area (Å²) in [6.07, 6.45) is 1.42. The first-order valence-electron chi connectivity index (χ1n) is 4.78. The van der Waals surface area contributed by atoms with E-state index in [-0.39, 0.29) is 5.56 Å². The fourth-order valence-electron chi connectivity index (χ4n) is 1.23. The molecule has 1 N–H and O–H groups in total. The maximum Gasteiger partial charge on any atom is 0.265 e. The molecular weight excluding hydrogens is 371 g/mol. The van der Waals surface area contributed by atoms with E-state index in [2.05, 4.69) is 9.97 Å². The van der Waals surface area contributed by atoms with E-state index in [1.54, 1.807) is 0 Å². The number of H-pyrrole nitrogens is 1. The normalized spacial score (nSPS) is 10.5. The van der Waals surface area contributed by atoms with Crippen LogP contribution in [-0.4, -0.2) is 9.97 Å². The molecule has 2 rings (SSSR count). The predicted octanol–water partition coefficient (Wildman–Crippen LogP) is 3.32. The van der Waals surface area contributed by atoms with Crippen LogP contribution in [0.3, 0.4) is 0 Å². The minimum Gasteiger partial charge on any atom is -0.312 e. The lowest BCUT2D eigenvalue weighted by molar-refractivity contribution is 0.987. The smallest absolute Gasteiger partial charge is 0.265 e. The number of nitrogens with zero attached hydrogens (tertiary/aromatic N) is 1.